The maximum Gasteiger partial charge on any atom is 0.152 e. The zero-order valence-corrected chi connectivity index (χ0v) is 10.7. The van der Waals surface area contributed by atoms with Crippen molar-refractivity contribution in [2.24, 2.45) is 0 Å². The smallest absolute Gasteiger partial charge is 0.152 e. The minimum Gasteiger partial charge on any atom is -0.371 e. The van der Waals surface area contributed by atoms with Crippen molar-refractivity contribution in [2.75, 3.05) is 18.5 Å². The lowest BCUT2D eigenvalue weighted by atomic mass is 10.1. The second kappa shape index (κ2) is 6.09. The third-order valence-electron chi connectivity index (χ3n) is 2.96. The van der Waals surface area contributed by atoms with Gasteiger partial charge < -0.3 is 4.90 Å². The summed E-state index contributed by atoms with van der Waals surface area (Å²) >= 11 is 0. The van der Waals surface area contributed by atoms with Crippen molar-refractivity contribution in [1.29, 1.82) is 0 Å². The topological polar surface area (TPSA) is 33.2 Å². The SMILES string of the molecule is CN(CCc1ccccn1)c1c(F)cccc1C=O. The first-order valence-corrected chi connectivity index (χ1v) is 6.07. The van der Waals surface area contributed by atoms with Crippen LogP contribution < -0.4 is 4.90 Å². The Labute approximate surface area is 111 Å². The summed E-state index contributed by atoms with van der Waals surface area (Å²) in [6, 6.07) is 10.2. The Hall–Kier alpha value is -2.23. The Bertz CT molecular complexity index is 557. The summed E-state index contributed by atoms with van der Waals surface area (Å²) in [6.45, 7) is 0.596. The number of hydrogen-bond acceptors (Lipinski definition) is 3. The van der Waals surface area contributed by atoms with Crippen LogP contribution in [0.3, 0.4) is 0 Å². The van der Waals surface area contributed by atoms with E-state index in [0.717, 1.165) is 5.69 Å². The van der Waals surface area contributed by atoms with Crippen LogP contribution in [0.1, 0.15) is 16.1 Å². The average molecular weight is 258 g/mol. The van der Waals surface area contributed by atoms with Crippen LogP contribution in [0.15, 0.2) is 42.6 Å². The summed E-state index contributed by atoms with van der Waals surface area (Å²) in [5, 5.41) is 0. The number of hydrogen-bond donors (Lipinski definition) is 0. The summed E-state index contributed by atoms with van der Waals surface area (Å²) in [6.07, 6.45) is 3.11. The lowest BCUT2D eigenvalue weighted by Gasteiger charge is -2.21. The Morgan fingerprint density at radius 1 is 1.26 bits per heavy atom. The zero-order chi connectivity index (χ0) is 13.7. The van der Waals surface area contributed by atoms with Gasteiger partial charge in [0, 0.05) is 37.5 Å². The average Bonchev–Trinajstić information content (AvgIpc) is 2.45. The molecule has 19 heavy (non-hydrogen) atoms. The maximum absolute atomic E-state index is 13.8. The van der Waals surface area contributed by atoms with E-state index in [-0.39, 0.29) is 5.82 Å². The highest BCUT2D eigenvalue weighted by molar-refractivity contribution is 5.84. The number of pyridine rings is 1. The van der Waals surface area contributed by atoms with Gasteiger partial charge in [-0.3, -0.25) is 9.78 Å². The van der Waals surface area contributed by atoms with Crippen molar-refractivity contribution in [3.05, 3.63) is 59.7 Å². The van der Waals surface area contributed by atoms with Gasteiger partial charge in [0.2, 0.25) is 0 Å². The normalized spacial score (nSPS) is 10.2. The van der Waals surface area contributed by atoms with E-state index in [0.29, 0.717) is 30.5 Å². The minimum atomic E-state index is -0.381. The van der Waals surface area contributed by atoms with E-state index in [9.17, 15) is 9.18 Å². The molecule has 0 aliphatic heterocycles. The van der Waals surface area contributed by atoms with Crippen LogP contribution in [0.5, 0.6) is 0 Å². The fourth-order valence-electron chi connectivity index (χ4n) is 1.97. The lowest BCUT2D eigenvalue weighted by molar-refractivity contribution is 0.112. The first kappa shape index (κ1) is 13.2. The molecule has 1 aromatic carbocycles. The summed E-state index contributed by atoms with van der Waals surface area (Å²) in [4.78, 5) is 16.9. The Balaban J connectivity index is 2.12. The largest absolute Gasteiger partial charge is 0.371 e. The number of para-hydroxylation sites is 1. The fourth-order valence-corrected chi connectivity index (χ4v) is 1.97. The van der Waals surface area contributed by atoms with Crippen molar-refractivity contribution in [2.45, 2.75) is 6.42 Å². The zero-order valence-electron chi connectivity index (χ0n) is 10.7. The van der Waals surface area contributed by atoms with Gasteiger partial charge in [-0.15, -0.1) is 0 Å². The van der Waals surface area contributed by atoms with E-state index in [2.05, 4.69) is 4.98 Å². The van der Waals surface area contributed by atoms with Gasteiger partial charge >= 0.3 is 0 Å². The van der Waals surface area contributed by atoms with Crippen molar-refractivity contribution in [1.82, 2.24) is 4.98 Å². The highest BCUT2D eigenvalue weighted by Crippen LogP contribution is 2.22. The number of nitrogens with zero attached hydrogens (tertiary/aromatic N) is 2. The van der Waals surface area contributed by atoms with Crippen LogP contribution in [0, 0.1) is 5.82 Å². The highest BCUT2D eigenvalue weighted by Gasteiger charge is 2.12. The molecule has 0 saturated carbocycles. The molecule has 0 aliphatic carbocycles. The van der Waals surface area contributed by atoms with E-state index in [4.69, 9.17) is 0 Å². The molecule has 3 nitrogen and oxygen atoms in total. The molecule has 0 fully saturated rings. The van der Waals surface area contributed by atoms with Gasteiger partial charge in [-0.25, -0.2) is 4.39 Å². The standard InChI is InChI=1S/C15H15FN2O/c1-18(10-8-13-6-2-3-9-17-13)15-12(11-19)5-4-7-14(15)16/h2-7,9,11H,8,10H2,1H3. The Kier molecular flexibility index (Phi) is 4.23. The van der Waals surface area contributed by atoms with Gasteiger partial charge in [0.1, 0.15) is 5.82 Å². The van der Waals surface area contributed by atoms with E-state index >= 15 is 0 Å². The van der Waals surface area contributed by atoms with E-state index in [1.807, 2.05) is 18.2 Å². The number of benzene rings is 1. The second-order valence-corrected chi connectivity index (χ2v) is 4.29. The molecule has 1 heterocycles. The molecule has 0 amide bonds. The van der Waals surface area contributed by atoms with Crippen LogP contribution in [-0.2, 0) is 6.42 Å². The van der Waals surface area contributed by atoms with Gasteiger partial charge in [-0.1, -0.05) is 12.1 Å². The van der Waals surface area contributed by atoms with Gasteiger partial charge in [0.05, 0.1) is 5.69 Å². The predicted octanol–water partition coefficient (Wildman–Crippen LogP) is 2.71. The summed E-state index contributed by atoms with van der Waals surface area (Å²) in [5.74, 6) is -0.381. The predicted molar refractivity (Wildman–Crippen MR) is 73.0 cm³/mol. The van der Waals surface area contributed by atoms with E-state index in [1.165, 1.54) is 12.1 Å². The van der Waals surface area contributed by atoms with Gasteiger partial charge in [-0.05, 0) is 24.3 Å². The monoisotopic (exact) mass is 258 g/mol. The molecule has 2 rings (SSSR count). The molecular formula is C15H15FN2O. The number of likely N-dealkylation sites (N-methyl/N-ethyl adjacent to an activating group) is 1. The number of carbonyl (C=O) groups excluding carboxylic acids is 1. The molecular weight excluding hydrogens is 243 g/mol. The summed E-state index contributed by atoms with van der Waals surface area (Å²) < 4.78 is 13.8. The molecule has 0 saturated heterocycles. The van der Waals surface area contributed by atoms with E-state index < -0.39 is 0 Å². The number of anilines is 1. The number of halogens is 1. The van der Waals surface area contributed by atoms with Crippen LogP contribution in [-0.4, -0.2) is 24.9 Å². The molecule has 4 heteroatoms. The van der Waals surface area contributed by atoms with Crippen molar-refractivity contribution in [3.8, 4) is 0 Å². The molecule has 0 aliphatic rings. The third kappa shape index (κ3) is 3.16. The molecule has 0 N–H and O–H groups in total. The first-order valence-electron chi connectivity index (χ1n) is 6.07. The van der Waals surface area contributed by atoms with Crippen molar-refractivity contribution in [3.63, 3.8) is 0 Å². The molecule has 98 valence electrons. The highest BCUT2D eigenvalue weighted by atomic mass is 19.1. The first-order chi connectivity index (χ1) is 9.22. The van der Waals surface area contributed by atoms with Crippen LogP contribution in [0.25, 0.3) is 0 Å². The van der Waals surface area contributed by atoms with Gasteiger partial charge in [0.15, 0.2) is 6.29 Å². The van der Waals surface area contributed by atoms with Gasteiger partial charge in [-0.2, -0.15) is 0 Å². The van der Waals surface area contributed by atoms with E-state index in [1.54, 1.807) is 24.2 Å². The number of aldehydes is 1. The Morgan fingerprint density at radius 3 is 2.79 bits per heavy atom. The minimum absolute atomic E-state index is 0.341. The van der Waals surface area contributed by atoms with Crippen molar-refractivity contribution < 1.29 is 9.18 Å². The summed E-state index contributed by atoms with van der Waals surface area (Å²) in [7, 11) is 1.77. The Morgan fingerprint density at radius 2 is 2.11 bits per heavy atom. The van der Waals surface area contributed by atoms with Crippen LogP contribution in [0.4, 0.5) is 10.1 Å². The molecule has 0 unspecified atom stereocenters. The quantitative estimate of drug-likeness (QED) is 0.773. The maximum atomic E-state index is 13.8. The van der Waals surface area contributed by atoms with Gasteiger partial charge in [0.25, 0.3) is 0 Å². The lowest BCUT2D eigenvalue weighted by Crippen LogP contribution is -2.23. The number of rotatable bonds is 5. The second-order valence-electron chi connectivity index (χ2n) is 4.29. The molecule has 0 bridgehead atoms. The van der Waals surface area contributed by atoms with Crippen LogP contribution in [0.2, 0.25) is 0 Å². The molecule has 0 radical (unpaired) electrons. The third-order valence-corrected chi connectivity index (χ3v) is 2.96. The molecule has 0 atom stereocenters. The number of carbonyl (C=O) groups is 1. The molecule has 0 spiro atoms. The molecule has 1 aromatic heterocycles. The number of aromatic nitrogens is 1. The fraction of sp³-hybridized carbons (Fsp3) is 0.200. The summed E-state index contributed by atoms with van der Waals surface area (Å²) in [5.41, 5.74) is 1.65. The van der Waals surface area contributed by atoms with Crippen molar-refractivity contribution >= 4 is 12.0 Å². The van der Waals surface area contributed by atoms with Crippen LogP contribution >= 0.6 is 0 Å². The molecule has 2 aromatic rings.